The first-order valence-corrected chi connectivity index (χ1v) is 3.32. The monoisotopic (exact) mass is 150 g/mol. The highest BCUT2D eigenvalue weighted by Gasteiger charge is 1.83. The number of hydrogen-bond acceptors (Lipinski definition) is 4. The van der Waals surface area contributed by atoms with E-state index in [4.69, 9.17) is 5.73 Å². The summed E-state index contributed by atoms with van der Waals surface area (Å²) in [6.07, 6.45) is 3.27. The zero-order valence-electron chi connectivity index (χ0n) is 6.07. The molecule has 0 aliphatic carbocycles. The molecule has 1 rings (SSSR count). The highest BCUT2D eigenvalue weighted by molar-refractivity contribution is 5.60. The molecule has 0 amide bonds. The summed E-state index contributed by atoms with van der Waals surface area (Å²) in [4.78, 5) is 3.98. The zero-order chi connectivity index (χ0) is 7.94. The van der Waals surface area contributed by atoms with Gasteiger partial charge in [-0.15, -0.1) is 0 Å². The Hall–Kier alpha value is -1.42. The molecule has 1 aromatic heterocycles. The van der Waals surface area contributed by atoms with Crippen molar-refractivity contribution in [1.29, 1.82) is 0 Å². The molecule has 4 nitrogen and oxygen atoms in total. The Morgan fingerprint density at radius 2 is 2.55 bits per heavy atom. The Balaban J connectivity index is 2.45. The topological polar surface area (TPSA) is 63.3 Å². The summed E-state index contributed by atoms with van der Waals surface area (Å²) < 4.78 is 0. The lowest BCUT2D eigenvalue weighted by Crippen LogP contribution is -2.01. The fourth-order valence-corrected chi connectivity index (χ4v) is 0.593. The van der Waals surface area contributed by atoms with Gasteiger partial charge in [-0.2, -0.15) is 5.10 Å². The van der Waals surface area contributed by atoms with E-state index in [-0.39, 0.29) is 0 Å². The van der Waals surface area contributed by atoms with Gasteiger partial charge in [0.25, 0.3) is 0 Å². The van der Waals surface area contributed by atoms with Crippen molar-refractivity contribution < 1.29 is 0 Å². The Morgan fingerprint density at radius 1 is 1.64 bits per heavy atom. The largest absolute Gasteiger partial charge is 0.326 e. The van der Waals surface area contributed by atoms with E-state index < -0.39 is 0 Å². The first-order valence-electron chi connectivity index (χ1n) is 3.32. The number of anilines is 1. The quantitative estimate of drug-likeness (QED) is 0.485. The van der Waals surface area contributed by atoms with Crippen LogP contribution in [0.25, 0.3) is 0 Å². The van der Waals surface area contributed by atoms with Crippen LogP contribution < -0.4 is 11.2 Å². The highest BCUT2D eigenvalue weighted by atomic mass is 15.3. The average molecular weight is 150 g/mol. The molecule has 0 saturated heterocycles. The molecule has 3 N–H and O–H groups in total. The van der Waals surface area contributed by atoms with Crippen molar-refractivity contribution in [1.82, 2.24) is 4.98 Å². The Labute approximate surface area is 65.1 Å². The number of hydrogen-bond donors (Lipinski definition) is 2. The predicted octanol–water partition coefficient (Wildman–Crippen LogP) is 0.438. The number of aromatic nitrogens is 1. The van der Waals surface area contributed by atoms with E-state index in [1.165, 1.54) is 0 Å². The second-order valence-electron chi connectivity index (χ2n) is 1.87. The van der Waals surface area contributed by atoms with Crippen molar-refractivity contribution >= 4 is 12.0 Å². The maximum Gasteiger partial charge on any atom is 0.146 e. The second-order valence-corrected chi connectivity index (χ2v) is 1.87. The molecular formula is C7H10N4. The Bertz CT molecular complexity index is 219. The normalized spacial score (nSPS) is 10.3. The first kappa shape index (κ1) is 7.68. The molecule has 0 spiro atoms. The molecule has 11 heavy (non-hydrogen) atoms. The Morgan fingerprint density at radius 3 is 3.18 bits per heavy atom. The second kappa shape index (κ2) is 4.40. The van der Waals surface area contributed by atoms with Crippen LogP contribution in [-0.4, -0.2) is 17.7 Å². The van der Waals surface area contributed by atoms with Crippen molar-refractivity contribution in [2.24, 2.45) is 10.8 Å². The molecule has 58 valence electrons. The molecule has 0 aliphatic rings. The van der Waals surface area contributed by atoms with Gasteiger partial charge in [-0.25, -0.2) is 4.98 Å². The van der Waals surface area contributed by atoms with Crippen LogP contribution in [-0.2, 0) is 0 Å². The van der Waals surface area contributed by atoms with E-state index in [1.54, 1.807) is 12.4 Å². The lowest BCUT2D eigenvalue weighted by atomic mass is 10.5. The predicted molar refractivity (Wildman–Crippen MR) is 45.4 cm³/mol. The van der Waals surface area contributed by atoms with Gasteiger partial charge in [-0.05, 0) is 12.1 Å². The maximum atomic E-state index is 5.18. The summed E-state index contributed by atoms with van der Waals surface area (Å²) in [6.45, 7) is 0.430. The molecule has 0 bridgehead atoms. The fraction of sp³-hybridized carbons (Fsp3) is 0.143. The van der Waals surface area contributed by atoms with Crippen LogP contribution in [0.5, 0.6) is 0 Å². The van der Waals surface area contributed by atoms with Crippen molar-refractivity contribution in [2.75, 3.05) is 12.0 Å². The van der Waals surface area contributed by atoms with Crippen LogP contribution in [0.4, 0.5) is 5.82 Å². The number of pyridine rings is 1. The molecule has 0 atom stereocenters. The number of nitrogens with two attached hydrogens (primary N) is 1. The third-order valence-electron chi connectivity index (χ3n) is 1.04. The molecule has 0 saturated carbocycles. The van der Waals surface area contributed by atoms with Crippen molar-refractivity contribution in [2.45, 2.75) is 0 Å². The van der Waals surface area contributed by atoms with Crippen molar-refractivity contribution in [3.8, 4) is 0 Å². The minimum absolute atomic E-state index is 0.430. The molecule has 0 unspecified atom stereocenters. The summed E-state index contributed by atoms with van der Waals surface area (Å²) >= 11 is 0. The van der Waals surface area contributed by atoms with E-state index in [2.05, 4.69) is 15.5 Å². The molecule has 4 heteroatoms. The SMILES string of the molecule is NC/C=N\Nc1ccccn1. The van der Waals surface area contributed by atoms with Gasteiger partial charge in [0.1, 0.15) is 5.82 Å². The summed E-state index contributed by atoms with van der Waals surface area (Å²) in [7, 11) is 0. The molecule has 0 radical (unpaired) electrons. The molecule has 1 aromatic rings. The third kappa shape index (κ3) is 2.77. The van der Waals surface area contributed by atoms with Crippen molar-refractivity contribution in [3.63, 3.8) is 0 Å². The van der Waals surface area contributed by atoms with Gasteiger partial charge in [0.05, 0.1) is 0 Å². The van der Waals surface area contributed by atoms with E-state index in [9.17, 15) is 0 Å². The van der Waals surface area contributed by atoms with Crippen LogP contribution >= 0.6 is 0 Å². The minimum Gasteiger partial charge on any atom is -0.326 e. The van der Waals surface area contributed by atoms with Crippen LogP contribution in [0, 0.1) is 0 Å². The van der Waals surface area contributed by atoms with Crippen LogP contribution in [0.1, 0.15) is 0 Å². The van der Waals surface area contributed by atoms with Gasteiger partial charge < -0.3 is 5.73 Å². The van der Waals surface area contributed by atoms with Crippen LogP contribution in [0.15, 0.2) is 29.5 Å². The van der Waals surface area contributed by atoms with Gasteiger partial charge in [0, 0.05) is 19.0 Å². The highest BCUT2D eigenvalue weighted by Crippen LogP contribution is 1.97. The average Bonchev–Trinajstić information content (AvgIpc) is 2.07. The molecular weight excluding hydrogens is 140 g/mol. The number of hydrazone groups is 1. The van der Waals surface area contributed by atoms with Crippen LogP contribution in [0.2, 0.25) is 0 Å². The lowest BCUT2D eigenvalue weighted by molar-refractivity contribution is 1.21. The maximum absolute atomic E-state index is 5.18. The lowest BCUT2D eigenvalue weighted by Gasteiger charge is -1.95. The fourth-order valence-electron chi connectivity index (χ4n) is 0.593. The summed E-state index contributed by atoms with van der Waals surface area (Å²) in [5, 5.41) is 3.80. The van der Waals surface area contributed by atoms with Gasteiger partial charge in [-0.3, -0.25) is 5.43 Å². The summed E-state index contributed by atoms with van der Waals surface area (Å²) in [5.74, 6) is 0.720. The number of nitrogens with zero attached hydrogens (tertiary/aromatic N) is 2. The smallest absolute Gasteiger partial charge is 0.146 e. The van der Waals surface area contributed by atoms with E-state index in [0.717, 1.165) is 5.82 Å². The summed E-state index contributed by atoms with van der Waals surface area (Å²) in [5.41, 5.74) is 7.91. The summed E-state index contributed by atoms with van der Waals surface area (Å²) in [6, 6.07) is 5.55. The zero-order valence-corrected chi connectivity index (χ0v) is 6.07. The molecule has 0 fully saturated rings. The van der Waals surface area contributed by atoms with Gasteiger partial charge in [0.2, 0.25) is 0 Å². The number of nitrogens with one attached hydrogen (secondary N) is 1. The first-order chi connectivity index (χ1) is 5.43. The Kier molecular flexibility index (Phi) is 3.08. The van der Waals surface area contributed by atoms with E-state index in [0.29, 0.717) is 6.54 Å². The van der Waals surface area contributed by atoms with Gasteiger partial charge >= 0.3 is 0 Å². The van der Waals surface area contributed by atoms with Gasteiger partial charge in [-0.1, -0.05) is 6.07 Å². The third-order valence-corrected chi connectivity index (χ3v) is 1.04. The van der Waals surface area contributed by atoms with Crippen molar-refractivity contribution in [3.05, 3.63) is 24.4 Å². The number of rotatable bonds is 3. The van der Waals surface area contributed by atoms with E-state index >= 15 is 0 Å². The standard InChI is InChI=1S/C7H10N4/c8-4-6-10-11-7-3-1-2-5-9-7/h1-3,5-6H,4,8H2,(H,9,11)/b10-6-. The molecule has 0 aliphatic heterocycles. The van der Waals surface area contributed by atoms with Gasteiger partial charge in [0.15, 0.2) is 0 Å². The molecule has 1 heterocycles. The van der Waals surface area contributed by atoms with E-state index in [1.807, 2.05) is 18.2 Å². The minimum atomic E-state index is 0.430. The molecule has 0 aromatic carbocycles. The van der Waals surface area contributed by atoms with Crippen LogP contribution in [0.3, 0.4) is 0 Å².